The molecule has 1 amide bonds. The Bertz CT molecular complexity index is 643. The van der Waals surface area contributed by atoms with E-state index >= 15 is 0 Å². The fourth-order valence-corrected chi connectivity index (χ4v) is 3.29. The average Bonchev–Trinajstić information content (AvgIpc) is 2.57. The van der Waals surface area contributed by atoms with Gasteiger partial charge in [0.1, 0.15) is 5.75 Å². The molecule has 0 bridgehead atoms. The van der Waals surface area contributed by atoms with Crippen molar-refractivity contribution in [2.45, 2.75) is 25.6 Å². The van der Waals surface area contributed by atoms with Crippen LogP contribution >= 0.6 is 27.7 Å². The molecule has 0 aliphatic heterocycles. The number of rotatable bonds is 8. The molecular weight excluding hydrogens is 386 g/mol. The van der Waals surface area contributed by atoms with E-state index in [9.17, 15) is 4.79 Å². The third-order valence-corrected chi connectivity index (χ3v) is 5.02. The van der Waals surface area contributed by atoms with Gasteiger partial charge in [0, 0.05) is 10.2 Å². The normalized spacial score (nSPS) is 11.8. The summed E-state index contributed by atoms with van der Waals surface area (Å²) in [5, 5.41) is 3.03. The Morgan fingerprint density at radius 2 is 1.83 bits per heavy atom. The van der Waals surface area contributed by atoms with Gasteiger partial charge in [-0.25, -0.2) is 0 Å². The summed E-state index contributed by atoms with van der Waals surface area (Å²) in [6.45, 7) is 4.61. The number of ether oxygens (including phenoxy) is 1. The number of carbonyl (C=O) groups is 1. The van der Waals surface area contributed by atoms with Crippen molar-refractivity contribution in [1.82, 2.24) is 5.32 Å². The zero-order chi connectivity index (χ0) is 17.4. The summed E-state index contributed by atoms with van der Waals surface area (Å²) >= 11 is 5.04. The number of benzene rings is 2. The van der Waals surface area contributed by atoms with E-state index in [4.69, 9.17) is 4.74 Å². The van der Waals surface area contributed by atoms with Crippen LogP contribution in [0, 0.1) is 0 Å². The molecule has 0 heterocycles. The molecule has 0 saturated carbocycles. The van der Waals surface area contributed by atoms with Gasteiger partial charge in [-0.05, 0) is 49.2 Å². The monoisotopic (exact) mass is 407 g/mol. The molecule has 3 nitrogen and oxygen atoms in total. The summed E-state index contributed by atoms with van der Waals surface area (Å²) in [6.07, 6.45) is 0. The number of hydrogen-bond acceptors (Lipinski definition) is 3. The highest BCUT2D eigenvalue weighted by molar-refractivity contribution is 9.10. The highest BCUT2D eigenvalue weighted by atomic mass is 79.9. The van der Waals surface area contributed by atoms with E-state index in [0.717, 1.165) is 21.5 Å². The molecule has 1 N–H and O–H groups in total. The molecule has 0 radical (unpaired) electrons. The number of hydrogen-bond donors (Lipinski definition) is 1. The van der Waals surface area contributed by atoms with Gasteiger partial charge in [-0.1, -0.05) is 40.2 Å². The fraction of sp³-hybridized carbons (Fsp3) is 0.316. The zero-order valence-electron chi connectivity index (χ0n) is 13.9. The van der Waals surface area contributed by atoms with Gasteiger partial charge in [0.05, 0.1) is 18.4 Å². The molecule has 5 heteroatoms. The molecule has 0 unspecified atom stereocenters. The minimum atomic E-state index is -0.0125. The predicted molar refractivity (Wildman–Crippen MR) is 104 cm³/mol. The number of nitrogens with one attached hydrogen (secondary N) is 1. The quantitative estimate of drug-likeness (QED) is 0.671. The van der Waals surface area contributed by atoms with Crippen molar-refractivity contribution in [2.75, 3.05) is 12.4 Å². The lowest BCUT2D eigenvalue weighted by Gasteiger charge is -2.15. The average molecular weight is 408 g/mol. The first-order valence-electron chi connectivity index (χ1n) is 7.92. The lowest BCUT2D eigenvalue weighted by atomic mass is 10.1. The molecule has 0 fully saturated rings. The van der Waals surface area contributed by atoms with Crippen LogP contribution in [-0.2, 0) is 10.5 Å². The van der Waals surface area contributed by atoms with Crippen LogP contribution in [-0.4, -0.2) is 18.3 Å². The van der Waals surface area contributed by atoms with E-state index in [1.165, 1.54) is 5.56 Å². The van der Waals surface area contributed by atoms with Crippen LogP contribution in [0.15, 0.2) is 53.0 Å². The van der Waals surface area contributed by atoms with E-state index in [1.807, 2.05) is 50.2 Å². The Balaban J connectivity index is 1.75. The van der Waals surface area contributed by atoms with Gasteiger partial charge in [0.25, 0.3) is 0 Å². The summed E-state index contributed by atoms with van der Waals surface area (Å²) in [5.74, 6) is 2.19. The van der Waals surface area contributed by atoms with Gasteiger partial charge in [-0.3, -0.25) is 4.79 Å². The molecule has 2 aromatic rings. The Labute approximate surface area is 156 Å². The smallest absolute Gasteiger partial charge is 0.230 e. The minimum Gasteiger partial charge on any atom is -0.494 e. The highest BCUT2D eigenvalue weighted by Crippen LogP contribution is 2.19. The Morgan fingerprint density at radius 3 is 2.46 bits per heavy atom. The minimum absolute atomic E-state index is 0.0125. The summed E-state index contributed by atoms with van der Waals surface area (Å²) in [7, 11) is 0. The molecule has 0 aliphatic rings. The molecule has 0 aliphatic carbocycles. The van der Waals surface area contributed by atoms with Crippen molar-refractivity contribution < 1.29 is 9.53 Å². The second-order valence-corrected chi connectivity index (χ2v) is 7.31. The molecule has 1 atom stereocenters. The Hall–Kier alpha value is -1.46. The Kier molecular flexibility index (Phi) is 7.66. The van der Waals surface area contributed by atoms with Crippen molar-refractivity contribution in [1.29, 1.82) is 0 Å². The third kappa shape index (κ3) is 6.21. The van der Waals surface area contributed by atoms with Crippen molar-refractivity contribution in [3.8, 4) is 5.75 Å². The van der Waals surface area contributed by atoms with Gasteiger partial charge in [-0.15, -0.1) is 11.8 Å². The Morgan fingerprint density at radius 1 is 1.17 bits per heavy atom. The number of thioether (sulfide) groups is 1. The van der Waals surface area contributed by atoms with Crippen LogP contribution in [0.4, 0.5) is 0 Å². The van der Waals surface area contributed by atoms with E-state index in [0.29, 0.717) is 12.4 Å². The summed E-state index contributed by atoms with van der Waals surface area (Å²) < 4.78 is 6.50. The maximum Gasteiger partial charge on any atom is 0.230 e. The largest absolute Gasteiger partial charge is 0.494 e. The maximum atomic E-state index is 12.1. The van der Waals surface area contributed by atoms with E-state index in [-0.39, 0.29) is 11.9 Å². The van der Waals surface area contributed by atoms with Gasteiger partial charge in [-0.2, -0.15) is 0 Å². The second kappa shape index (κ2) is 9.74. The molecule has 128 valence electrons. The van der Waals surface area contributed by atoms with Gasteiger partial charge < -0.3 is 10.1 Å². The molecule has 0 aromatic heterocycles. The zero-order valence-corrected chi connectivity index (χ0v) is 16.3. The second-order valence-electron chi connectivity index (χ2n) is 5.41. The van der Waals surface area contributed by atoms with Crippen LogP contribution < -0.4 is 10.1 Å². The lowest BCUT2D eigenvalue weighted by molar-refractivity contribution is -0.119. The SMILES string of the molecule is CCOc1ccc([C@H](C)NC(=O)CSCc2ccc(Br)cc2)cc1. The standard InChI is InChI=1S/C19H22BrNO2S/c1-3-23-18-10-6-16(7-11-18)14(2)21-19(22)13-24-12-15-4-8-17(20)9-5-15/h4-11,14H,3,12-13H2,1-2H3,(H,21,22)/t14-/m0/s1. The van der Waals surface area contributed by atoms with Gasteiger partial charge >= 0.3 is 0 Å². The number of carbonyl (C=O) groups excluding carboxylic acids is 1. The molecule has 24 heavy (non-hydrogen) atoms. The number of amides is 1. The highest BCUT2D eigenvalue weighted by Gasteiger charge is 2.10. The molecule has 0 saturated heterocycles. The van der Waals surface area contributed by atoms with Crippen LogP contribution in [0.1, 0.15) is 31.0 Å². The number of halogens is 1. The van der Waals surface area contributed by atoms with Crippen molar-refractivity contribution in [3.05, 3.63) is 64.1 Å². The molecule has 0 spiro atoms. The van der Waals surface area contributed by atoms with Gasteiger partial charge in [0.15, 0.2) is 0 Å². The van der Waals surface area contributed by atoms with Gasteiger partial charge in [0.2, 0.25) is 5.91 Å². The van der Waals surface area contributed by atoms with Crippen LogP contribution in [0.3, 0.4) is 0 Å². The lowest BCUT2D eigenvalue weighted by Crippen LogP contribution is -2.28. The van der Waals surface area contributed by atoms with Crippen LogP contribution in [0.2, 0.25) is 0 Å². The predicted octanol–water partition coefficient (Wildman–Crippen LogP) is 4.96. The van der Waals surface area contributed by atoms with E-state index < -0.39 is 0 Å². The topological polar surface area (TPSA) is 38.3 Å². The first-order valence-corrected chi connectivity index (χ1v) is 9.87. The fourth-order valence-electron chi connectivity index (χ4n) is 2.23. The molecular formula is C19H22BrNO2S. The third-order valence-electron chi connectivity index (χ3n) is 3.48. The van der Waals surface area contributed by atoms with Crippen LogP contribution in [0.5, 0.6) is 5.75 Å². The summed E-state index contributed by atoms with van der Waals surface area (Å²) in [6, 6.07) is 16.0. The first-order chi connectivity index (χ1) is 11.6. The van der Waals surface area contributed by atoms with Crippen LogP contribution in [0.25, 0.3) is 0 Å². The maximum absolute atomic E-state index is 12.1. The summed E-state index contributed by atoms with van der Waals surface area (Å²) in [5.41, 5.74) is 2.29. The van der Waals surface area contributed by atoms with Crippen molar-refractivity contribution >= 4 is 33.6 Å². The summed E-state index contributed by atoms with van der Waals surface area (Å²) in [4.78, 5) is 12.1. The van der Waals surface area contributed by atoms with Crippen molar-refractivity contribution in [3.63, 3.8) is 0 Å². The van der Waals surface area contributed by atoms with E-state index in [1.54, 1.807) is 11.8 Å². The molecule has 2 aromatic carbocycles. The van der Waals surface area contributed by atoms with E-state index in [2.05, 4.69) is 33.4 Å². The molecule has 2 rings (SSSR count). The van der Waals surface area contributed by atoms with Crippen molar-refractivity contribution in [2.24, 2.45) is 0 Å². The first kappa shape index (κ1) is 18.9.